The van der Waals surface area contributed by atoms with Crippen LogP contribution in [-0.2, 0) is 31.4 Å². The molecule has 3 N–H and O–H groups in total. The van der Waals surface area contributed by atoms with E-state index in [4.69, 9.17) is 21.0 Å². The van der Waals surface area contributed by atoms with Gasteiger partial charge < -0.3 is 24.5 Å². The topological polar surface area (TPSA) is 161 Å². The number of oxazole rings is 1. The van der Waals surface area contributed by atoms with Crippen molar-refractivity contribution in [3.05, 3.63) is 87.5 Å². The number of nitrogens with zero attached hydrogens (tertiary/aromatic N) is 6. The number of aliphatic hydroxyl groups is 1. The van der Waals surface area contributed by atoms with Crippen molar-refractivity contribution in [2.45, 2.75) is 52.8 Å². The summed E-state index contributed by atoms with van der Waals surface area (Å²) < 4.78 is 8.06. The molecule has 0 bridgehead atoms. The van der Waals surface area contributed by atoms with Crippen LogP contribution in [0.15, 0.2) is 52.9 Å². The van der Waals surface area contributed by atoms with E-state index in [2.05, 4.69) is 26.2 Å². The summed E-state index contributed by atoms with van der Waals surface area (Å²) in [6.07, 6.45) is 0.852. The van der Waals surface area contributed by atoms with Crippen LogP contribution in [0.5, 0.6) is 0 Å². The van der Waals surface area contributed by atoms with Gasteiger partial charge in [-0.25, -0.2) is 9.97 Å². The third-order valence-corrected chi connectivity index (χ3v) is 10.7. The number of carbonyl (C=O) groups excluding carboxylic acids is 1. The van der Waals surface area contributed by atoms with Crippen LogP contribution in [0.25, 0.3) is 33.7 Å². The number of β-amino-alcohol motifs (C(OH)–C–C–N with tert-alkyl or cyclic N) is 1. The van der Waals surface area contributed by atoms with Gasteiger partial charge in [0.1, 0.15) is 11.6 Å². The van der Waals surface area contributed by atoms with E-state index >= 15 is 0 Å². The minimum atomic E-state index is -0.801. The highest BCUT2D eigenvalue weighted by atomic mass is 35.5. The molecule has 1 amide bonds. The second-order valence-electron chi connectivity index (χ2n) is 14.3. The lowest BCUT2D eigenvalue weighted by molar-refractivity contribution is -0.147. The minimum Gasteiger partial charge on any atom is -0.481 e. The van der Waals surface area contributed by atoms with Crippen LogP contribution in [-0.4, -0.2) is 78.7 Å². The van der Waals surface area contributed by atoms with Crippen molar-refractivity contribution >= 4 is 40.3 Å². The van der Waals surface area contributed by atoms with Gasteiger partial charge in [-0.15, -0.1) is 0 Å². The fourth-order valence-electron chi connectivity index (χ4n) is 7.49. The maximum absolute atomic E-state index is 13.6. The first-order chi connectivity index (χ1) is 24.8. The zero-order valence-electron chi connectivity index (χ0n) is 29.5. The van der Waals surface area contributed by atoms with Gasteiger partial charge in [-0.2, -0.15) is 5.26 Å². The number of fused-ring (bicyclic) bond motifs is 2. The van der Waals surface area contributed by atoms with Crippen LogP contribution in [0, 0.1) is 23.7 Å². The second kappa shape index (κ2) is 13.8. The predicted octanol–water partition coefficient (Wildman–Crippen LogP) is 6.02. The lowest BCUT2D eigenvalue weighted by Gasteiger charge is -2.27. The number of carboxylic acids is 1. The molecule has 0 spiro atoms. The smallest absolute Gasteiger partial charge is 0.310 e. The van der Waals surface area contributed by atoms with Crippen molar-refractivity contribution in [2.75, 3.05) is 31.5 Å². The second-order valence-corrected chi connectivity index (χ2v) is 14.6. The number of aliphatic carboxylic acids is 1. The standard InChI is InChI=1S/C39H40ClN7O5/c1-22(48)18-46-13-11-32-31(20-46)42-35(45(32)4)36(49)43-29-10-6-9-28(33(29)40)26-7-5-8-27(23(26)2)37-44-30-16-24(15-25(17-41)34(30)52-37)19-47-14-12-39(3,21-47)38(50)51/h5-10,15-16,22,48H,11-14,18-21H2,1-4H3,(H,43,49)(H,50,51). The lowest BCUT2D eigenvalue weighted by Crippen LogP contribution is -2.36. The van der Waals surface area contributed by atoms with Crippen LogP contribution in [0.4, 0.5) is 5.69 Å². The van der Waals surface area contributed by atoms with E-state index in [9.17, 15) is 25.1 Å². The van der Waals surface area contributed by atoms with E-state index in [1.165, 1.54) is 0 Å². The van der Waals surface area contributed by atoms with Gasteiger partial charge in [-0.1, -0.05) is 35.9 Å². The highest BCUT2D eigenvalue weighted by Gasteiger charge is 2.40. The van der Waals surface area contributed by atoms with Gasteiger partial charge in [0.2, 0.25) is 5.89 Å². The number of imidazole rings is 1. The summed E-state index contributed by atoms with van der Waals surface area (Å²) in [7, 11) is 1.84. The van der Waals surface area contributed by atoms with E-state index < -0.39 is 17.5 Å². The average Bonchev–Trinajstić information content (AvgIpc) is 3.80. The number of hydrogen-bond donors (Lipinski definition) is 3. The number of carbonyl (C=O) groups is 2. The molecule has 52 heavy (non-hydrogen) atoms. The molecule has 2 aliphatic heterocycles. The lowest BCUT2D eigenvalue weighted by atomic mass is 9.90. The SMILES string of the molecule is Cc1c(-c2nc3cc(CN4CCC(C)(C(=O)O)C4)cc(C#N)c3o2)cccc1-c1cccc(NC(=O)c2nc3c(n2C)CCN(CC(C)O)C3)c1Cl. The average molecular weight is 722 g/mol. The molecule has 7 rings (SSSR count). The normalized spacial score (nSPS) is 18.3. The first-order valence-electron chi connectivity index (χ1n) is 17.3. The summed E-state index contributed by atoms with van der Waals surface area (Å²) in [4.78, 5) is 39.0. The summed E-state index contributed by atoms with van der Waals surface area (Å²) in [5.74, 6) is -0.527. The fraction of sp³-hybridized carbons (Fsp3) is 0.359. The number of aliphatic hydroxyl groups excluding tert-OH is 1. The summed E-state index contributed by atoms with van der Waals surface area (Å²) in [6, 6.07) is 17.1. The van der Waals surface area contributed by atoms with Gasteiger partial charge in [-0.05, 0) is 74.7 Å². The van der Waals surface area contributed by atoms with Gasteiger partial charge in [0.05, 0.1) is 33.5 Å². The number of rotatable bonds is 9. The molecule has 1 saturated heterocycles. The van der Waals surface area contributed by atoms with Gasteiger partial charge in [-0.3, -0.25) is 19.4 Å². The molecule has 0 radical (unpaired) electrons. The molecule has 5 aromatic rings. The number of carboxylic acid groups (broad SMARTS) is 1. The van der Waals surface area contributed by atoms with Crippen LogP contribution < -0.4 is 5.32 Å². The Morgan fingerprint density at radius 3 is 2.60 bits per heavy atom. The number of likely N-dealkylation sites (tertiary alicyclic amines) is 1. The predicted molar refractivity (Wildman–Crippen MR) is 197 cm³/mol. The Morgan fingerprint density at radius 2 is 1.87 bits per heavy atom. The fourth-order valence-corrected chi connectivity index (χ4v) is 7.77. The molecule has 2 atom stereocenters. The van der Waals surface area contributed by atoms with Crippen molar-refractivity contribution < 1.29 is 24.2 Å². The zero-order valence-corrected chi connectivity index (χ0v) is 30.3. The van der Waals surface area contributed by atoms with Crippen molar-refractivity contribution in [3.8, 4) is 28.7 Å². The molecule has 3 aromatic carbocycles. The summed E-state index contributed by atoms with van der Waals surface area (Å²) in [5.41, 5.74) is 6.75. The Hall–Kier alpha value is -5.06. The number of nitrogens with one attached hydrogen (secondary N) is 1. The number of benzene rings is 3. The summed E-state index contributed by atoms with van der Waals surface area (Å²) >= 11 is 7.00. The van der Waals surface area contributed by atoms with Crippen LogP contribution in [0.1, 0.15) is 59.0 Å². The number of amides is 1. The van der Waals surface area contributed by atoms with Gasteiger partial charge in [0.25, 0.3) is 5.91 Å². The van der Waals surface area contributed by atoms with Crippen molar-refractivity contribution in [3.63, 3.8) is 0 Å². The Bertz CT molecular complexity index is 2270. The highest BCUT2D eigenvalue weighted by molar-refractivity contribution is 6.36. The van der Waals surface area contributed by atoms with E-state index in [1.807, 2.05) is 54.9 Å². The number of aromatic nitrogens is 3. The van der Waals surface area contributed by atoms with Crippen molar-refractivity contribution in [2.24, 2.45) is 12.5 Å². The zero-order chi connectivity index (χ0) is 36.9. The number of nitriles is 1. The minimum absolute atomic E-state index is 0.290. The van der Waals surface area contributed by atoms with Crippen molar-refractivity contribution in [1.82, 2.24) is 24.3 Å². The first-order valence-corrected chi connectivity index (χ1v) is 17.7. The van der Waals surface area contributed by atoms with E-state index in [1.54, 1.807) is 26.0 Å². The summed E-state index contributed by atoms with van der Waals surface area (Å²) in [5, 5.41) is 32.8. The molecule has 2 aromatic heterocycles. The number of anilines is 1. The molecule has 4 heterocycles. The Morgan fingerprint density at radius 1 is 1.12 bits per heavy atom. The van der Waals surface area contributed by atoms with Crippen LogP contribution >= 0.6 is 11.6 Å². The third kappa shape index (κ3) is 6.57. The van der Waals surface area contributed by atoms with Gasteiger partial charge in [0, 0.05) is 63.0 Å². The molecular formula is C39H40ClN7O5. The molecule has 0 aliphatic carbocycles. The Kier molecular flexibility index (Phi) is 9.39. The number of hydrogen-bond acceptors (Lipinski definition) is 9. The maximum Gasteiger partial charge on any atom is 0.310 e. The summed E-state index contributed by atoms with van der Waals surface area (Å²) in [6.45, 7) is 8.96. The third-order valence-electron chi connectivity index (χ3n) is 10.3. The van der Waals surface area contributed by atoms with Gasteiger partial charge >= 0.3 is 5.97 Å². The highest BCUT2D eigenvalue weighted by Crippen LogP contribution is 2.40. The molecule has 268 valence electrons. The first kappa shape index (κ1) is 35.3. The molecule has 1 fully saturated rings. The van der Waals surface area contributed by atoms with Crippen LogP contribution in [0.2, 0.25) is 5.02 Å². The van der Waals surface area contributed by atoms with Crippen molar-refractivity contribution in [1.29, 1.82) is 5.26 Å². The van der Waals surface area contributed by atoms with Gasteiger partial charge in [0.15, 0.2) is 11.4 Å². The molecular weight excluding hydrogens is 682 g/mol. The Balaban J connectivity index is 1.14. The molecule has 13 heteroatoms. The van der Waals surface area contributed by atoms with Crippen LogP contribution in [0.3, 0.4) is 0 Å². The van der Waals surface area contributed by atoms with E-state index in [0.717, 1.165) is 46.6 Å². The molecule has 0 saturated carbocycles. The van der Waals surface area contributed by atoms with E-state index in [0.29, 0.717) is 83.8 Å². The quantitative estimate of drug-likeness (QED) is 0.164. The largest absolute Gasteiger partial charge is 0.481 e. The molecule has 2 unspecified atom stereocenters. The Labute approximate surface area is 306 Å². The molecule has 12 nitrogen and oxygen atoms in total. The maximum atomic E-state index is 13.6. The molecule has 2 aliphatic rings. The monoisotopic (exact) mass is 721 g/mol. The van der Waals surface area contributed by atoms with E-state index in [-0.39, 0.29) is 5.91 Å². The number of halogens is 1.